The van der Waals surface area contributed by atoms with Crippen molar-refractivity contribution in [3.05, 3.63) is 149 Å². The van der Waals surface area contributed by atoms with Crippen LogP contribution in [0, 0.1) is 0 Å². The van der Waals surface area contributed by atoms with Gasteiger partial charge in [0.05, 0.1) is 16.7 Å². The molecule has 230 valence electrons. The molecule has 0 radical (unpaired) electrons. The molecule has 6 nitrogen and oxygen atoms in total. The lowest BCUT2D eigenvalue weighted by molar-refractivity contribution is -0.146. The zero-order chi connectivity index (χ0) is 32.0. The van der Waals surface area contributed by atoms with Crippen molar-refractivity contribution in [2.24, 2.45) is 0 Å². The number of allylic oxidation sites excluding steroid dienone is 1. The van der Waals surface area contributed by atoms with Crippen LogP contribution in [0.4, 0.5) is 0 Å². The van der Waals surface area contributed by atoms with Crippen molar-refractivity contribution in [3.63, 3.8) is 0 Å². The summed E-state index contributed by atoms with van der Waals surface area (Å²) in [5.41, 5.74) is 4.10. The summed E-state index contributed by atoms with van der Waals surface area (Å²) in [6, 6.07) is 30.9. The van der Waals surface area contributed by atoms with Gasteiger partial charge in [0.1, 0.15) is 17.6 Å². The number of hydrogen-bond donors (Lipinski definition) is 0. The standard InChI is InChI=1S/C39H38O6/c1-28(2)14-13-21-37(40)43-29(3)22-25-34-35(44-38(41)32-17-9-5-10-18-32)26-31(24-23-30-15-7-4-8-16-30)27-36(34)45-39(42)33-19-11-6-12-20-33/h4-12,15-20,22,25-27,29H,1,13-14,21,23-24H2,2-3H3/b25-22+/t29-/m0/s1. The summed E-state index contributed by atoms with van der Waals surface area (Å²) >= 11 is 0. The average Bonchev–Trinajstić information content (AvgIpc) is 3.04. The lowest BCUT2D eigenvalue weighted by Crippen LogP contribution is -2.14. The van der Waals surface area contributed by atoms with Crippen molar-refractivity contribution in [2.75, 3.05) is 0 Å². The molecule has 0 aliphatic rings. The molecule has 0 aliphatic heterocycles. The predicted molar refractivity (Wildman–Crippen MR) is 176 cm³/mol. The Balaban J connectivity index is 1.68. The van der Waals surface area contributed by atoms with Gasteiger partial charge in [0, 0.05) is 6.42 Å². The minimum atomic E-state index is -0.588. The van der Waals surface area contributed by atoms with E-state index in [1.165, 1.54) is 0 Å². The number of carbonyl (C=O) groups excluding carboxylic acids is 3. The Morgan fingerprint density at radius 2 is 1.20 bits per heavy atom. The predicted octanol–water partition coefficient (Wildman–Crippen LogP) is 8.60. The Hall–Kier alpha value is -5.23. The van der Waals surface area contributed by atoms with E-state index >= 15 is 0 Å². The molecular formula is C39H38O6. The molecule has 45 heavy (non-hydrogen) atoms. The van der Waals surface area contributed by atoms with Crippen LogP contribution in [-0.2, 0) is 22.4 Å². The van der Waals surface area contributed by atoms with Gasteiger partial charge in [0.15, 0.2) is 0 Å². The van der Waals surface area contributed by atoms with Crippen molar-refractivity contribution in [2.45, 2.75) is 52.1 Å². The van der Waals surface area contributed by atoms with Crippen LogP contribution in [0.1, 0.15) is 70.5 Å². The van der Waals surface area contributed by atoms with E-state index in [4.69, 9.17) is 14.2 Å². The normalized spacial score (nSPS) is 11.5. The largest absolute Gasteiger partial charge is 0.458 e. The van der Waals surface area contributed by atoms with E-state index in [0.717, 1.165) is 29.5 Å². The molecule has 0 aliphatic carbocycles. The summed E-state index contributed by atoms with van der Waals surface area (Å²) in [7, 11) is 0. The van der Waals surface area contributed by atoms with Crippen LogP contribution >= 0.6 is 0 Å². The van der Waals surface area contributed by atoms with Gasteiger partial charge in [0.25, 0.3) is 0 Å². The van der Waals surface area contributed by atoms with Crippen LogP contribution in [0.2, 0.25) is 0 Å². The number of esters is 3. The van der Waals surface area contributed by atoms with Gasteiger partial charge in [-0.25, -0.2) is 9.59 Å². The Labute approximate surface area is 265 Å². The molecule has 4 aromatic rings. The van der Waals surface area contributed by atoms with E-state index in [-0.39, 0.29) is 23.9 Å². The topological polar surface area (TPSA) is 78.9 Å². The molecule has 0 amide bonds. The van der Waals surface area contributed by atoms with Gasteiger partial charge in [-0.05, 0) is 99.2 Å². The summed E-state index contributed by atoms with van der Waals surface area (Å²) in [5, 5.41) is 0. The first-order chi connectivity index (χ1) is 21.8. The lowest BCUT2D eigenvalue weighted by atomic mass is 10.0. The van der Waals surface area contributed by atoms with E-state index in [9.17, 15) is 14.4 Å². The van der Waals surface area contributed by atoms with Gasteiger partial charge in [0.2, 0.25) is 0 Å². The van der Waals surface area contributed by atoms with Crippen LogP contribution in [0.3, 0.4) is 0 Å². The Morgan fingerprint density at radius 1 is 0.711 bits per heavy atom. The number of benzene rings is 4. The van der Waals surface area contributed by atoms with E-state index in [1.807, 2.05) is 49.4 Å². The second kappa shape index (κ2) is 16.6. The smallest absolute Gasteiger partial charge is 0.343 e. The lowest BCUT2D eigenvalue weighted by Gasteiger charge is -2.16. The maximum Gasteiger partial charge on any atom is 0.343 e. The fraction of sp³-hybridized carbons (Fsp3) is 0.205. The molecular weight excluding hydrogens is 564 g/mol. The molecule has 0 saturated carbocycles. The maximum absolute atomic E-state index is 13.2. The van der Waals surface area contributed by atoms with Crippen LogP contribution in [0.15, 0.2) is 121 Å². The summed E-state index contributed by atoms with van der Waals surface area (Å²) in [4.78, 5) is 38.8. The monoisotopic (exact) mass is 602 g/mol. The highest BCUT2D eigenvalue weighted by Crippen LogP contribution is 2.34. The SMILES string of the molecule is C=C(C)CCCC(=O)O[C@@H](C)/C=C/c1c(OC(=O)c2ccccc2)cc(CCc2ccccc2)cc1OC(=O)c1ccccc1. The van der Waals surface area contributed by atoms with Crippen molar-refractivity contribution in [3.8, 4) is 11.5 Å². The van der Waals surface area contributed by atoms with Gasteiger partial charge >= 0.3 is 17.9 Å². The van der Waals surface area contributed by atoms with Crippen LogP contribution in [0.5, 0.6) is 11.5 Å². The first-order valence-electron chi connectivity index (χ1n) is 15.1. The van der Waals surface area contributed by atoms with E-state index < -0.39 is 18.0 Å². The van der Waals surface area contributed by atoms with Crippen molar-refractivity contribution < 1.29 is 28.6 Å². The van der Waals surface area contributed by atoms with Gasteiger partial charge in [-0.1, -0.05) is 72.3 Å². The van der Waals surface area contributed by atoms with Crippen molar-refractivity contribution in [1.29, 1.82) is 0 Å². The summed E-state index contributed by atoms with van der Waals surface area (Å²) in [6.45, 7) is 7.54. The Kier molecular flexibility index (Phi) is 12.0. The maximum atomic E-state index is 13.2. The molecule has 4 aromatic carbocycles. The Morgan fingerprint density at radius 3 is 1.71 bits per heavy atom. The molecule has 0 spiro atoms. The highest BCUT2D eigenvalue weighted by Gasteiger charge is 2.20. The fourth-order valence-electron chi connectivity index (χ4n) is 4.60. The number of carbonyl (C=O) groups is 3. The van der Waals surface area contributed by atoms with Crippen molar-refractivity contribution >= 4 is 24.0 Å². The average molecular weight is 603 g/mol. The van der Waals surface area contributed by atoms with E-state index in [1.54, 1.807) is 79.7 Å². The second-order valence-corrected chi connectivity index (χ2v) is 10.9. The molecule has 0 unspecified atom stereocenters. The van der Waals surface area contributed by atoms with Gasteiger partial charge < -0.3 is 14.2 Å². The zero-order valence-electron chi connectivity index (χ0n) is 25.7. The first-order valence-corrected chi connectivity index (χ1v) is 15.1. The molecule has 0 heterocycles. The fourth-order valence-corrected chi connectivity index (χ4v) is 4.60. The summed E-state index contributed by atoms with van der Waals surface area (Å²) < 4.78 is 17.5. The molecule has 0 fully saturated rings. The van der Waals surface area contributed by atoms with Crippen LogP contribution in [-0.4, -0.2) is 24.0 Å². The number of rotatable bonds is 14. The minimum Gasteiger partial charge on any atom is -0.458 e. The number of hydrogen-bond acceptors (Lipinski definition) is 6. The third-order valence-corrected chi connectivity index (χ3v) is 6.97. The first kappa shape index (κ1) is 32.7. The molecule has 0 N–H and O–H groups in total. The van der Waals surface area contributed by atoms with E-state index in [0.29, 0.717) is 29.5 Å². The van der Waals surface area contributed by atoms with E-state index in [2.05, 4.69) is 6.58 Å². The molecule has 0 bridgehead atoms. The Bertz CT molecular complexity index is 1550. The molecule has 6 heteroatoms. The van der Waals surface area contributed by atoms with Gasteiger partial charge in [-0.3, -0.25) is 4.79 Å². The molecule has 0 aromatic heterocycles. The van der Waals surface area contributed by atoms with Crippen LogP contribution < -0.4 is 9.47 Å². The van der Waals surface area contributed by atoms with Gasteiger partial charge in [-0.15, -0.1) is 6.58 Å². The highest BCUT2D eigenvalue weighted by atomic mass is 16.6. The van der Waals surface area contributed by atoms with Crippen molar-refractivity contribution in [1.82, 2.24) is 0 Å². The summed E-state index contributed by atoms with van der Waals surface area (Å²) in [6.07, 6.45) is 5.78. The minimum absolute atomic E-state index is 0.224. The highest BCUT2D eigenvalue weighted by molar-refractivity contribution is 5.93. The number of ether oxygens (including phenoxy) is 3. The summed E-state index contributed by atoms with van der Waals surface area (Å²) in [5.74, 6) is -0.982. The van der Waals surface area contributed by atoms with Gasteiger partial charge in [-0.2, -0.15) is 0 Å². The zero-order valence-corrected chi connectivity index (χ0v) is 25.7. The second-order valence-electron chi connectivity index (χ2n) is 10.9. The molecule has 4 rings (SSSR count). The van der Waals surface area contributed by atoms with Crippen LogP contribution in [0.25, 0.3) is 6.08 Å². The number of aryl methyl sites for hydroxylation is 2. The quantitative estimate of drug-likeness (QED) is 0.0817. The third-order valence-electron chi connectivity index (χ3n) is 6.97. The third kappa shape index (κ3) is 10.5. The molecule has 0 saturated heterocycles. The molecule has 1 atom stereocenters.